The Morgan fingerprint density at radius 2 is 1.96 bits per heavy atom. The van der Waals surface area contributed by atoms with Crippen molar-refractivity contribution in [2.45, 2.75) is 19.4 Å². The standard InChI is InChI=1S/C19H17ClN2O3/c1-13(23)17(10-14-5-3-2-4-6-14)22-19(24)12-25-18-8-7-15(11-21)9-16(18)20/h2-9,17H,10,12H2,1H3,(H,22,24)/t17-/m1/s1. The first-order valence-corrected chi connectivity index (χ1v) is 8.03. The van der Waals surface area contributed by atoms with Gasteiger partial charge in [-0.1, -0.05) is 41.9 Å². The van der Waals surface area contributed by atoms with Crippen molar-refractivity contribution < 1.29 is 14.3 Å². The molecule has 0 aliphatic rings. The van der Waals surface area contributed by atoms with Crippen molar-refractivity contribution in [2.24, 2.45) is 0 Å². The SMILES string of the molecule is CC(=O)[C@@H](Cc1ccccc1)NC(=O)COc1ccc(C#N)cc1Cl. The summed E-state index contributed by atoms with van der Waals surface area (Å²) in [4.78, 5) is 23.8. The zero-order valence-electron chi connectivity index (χ0n) is 13.7. The highest BCUT2D eigenvalue weighted by Crippen LogP contribution is 2.25. The molecule has 0 bridgehead atoms. The van der Waals surface area contributed by atoms with Crippen molar-refractivity contribution in [1.82, 2.24) is 5.32 Å². The van der Waals surface area contributed by atoms with Crippen LogP contribution in [0.2, 0.25) is 5.02 Å². The van der Waals surface area contributed by atoms with E-state index in [0.717, 1.165) is 5.56 Å². The number of hydrogen-bond acceptors (Lipinski definition) is 4. The van der Waals surface area contributed by atoms with E-state index in [1.807, 2.05) is 36.4 Å². The van der Waals surface area contributed by atoms with E-state index < -0.39 is 11.9 Å². The van der Waals surface area contributed by atoms with Crippen LogP contribution in [0.4, 0.5) is 0 Å². The van der Waals surface area contributed by atoms with E-state index >= 15 is 0 Å². The number of ketones is 1. The summed E-state index contributed by atoms with van der Waals surface area (Å²) >= 11 is 5.99. The van der Waals surface area contributed by atoms with Gasteiger partial charge in [-0.3, -0.25) is 9.59 Å². The van der Waals surface area contributed by atoms with Gasteiger partial charge < -0.3 is 10.1 Å². The van der Waals surface area contributed by atoms with Crippen LogP contribution in [0.5, 0.6) is 5.75 Å². The van der Waals surface area contributed by atoms with Crippen molar-refractivity contribution in [2.75, 3.05) is 6.61 Å². The molecule has 0 aliphatic heterocycles. The summed E-state index contributed by atoms with van der Waals surface area (Å²) in [6.07, 6.45) is 0.416. The predicted octanol–water partition coefficient (Wildman–Crippen LogP) is 2.91. The lowest BCUT2D eigenvalue weighted by atomic mass is 10.0. The van der Waals surface area contributed by atoms with E-state index in [0.29, 0.717) is 17.7 Å². The van der Waals surface area contributed by atoms with Crippen LogP contribution in [-0.4, -0.2) is 24.3 Å². The highest BCUT2D eigenvalue weighted by molar-refractivity contribution is 6.32. The number of Topliss-reactive ketones (excluding diaryl/α,β-unsaturated/α-hetero) is 1. The van der Waals surface area contributed by atoms with Crippen molar-refractivity contribution >= 4 is 23.3 Å². The Balaban J connectivity index is 1.93. The number of carbonyl (C=O) groups excluding carboxylic acids is 2. The molecule has 2 aromatic carbocycles. The summed E-state index contributed by atoms with van der Waals surface area (Å²) < 4.78 is 5.36. The largest absolute Gasteiger partial charge is 0.482 e. The molecular weight excluding hydrogens is 340 g/mol. The number of nitriles is 1. The minimum absolute atomic E-state index is 0.131. The monoisotopic (exact) mass is 356 g/mol. The molecule has 0 spiro atoms. The van der Waals surface area contributed by atoms with Gasteiger partial charge in [-0.2, -0.15) is 5.26 Å². The van der Waals surface area contributed by atoms with Gasteiger partial charge in [0, 0.05) is 0 Å². The molecule has 2 rings (SSSR count). The van der Waals surface area contributed by atoms with Crippen LogP contribution in [0.15, 0.2) is 48.5 Å². The maximum atomic E-state index is 12.1. The van der Waals surface area contributed by atoms with E-state index in [1.54, 1.807) is 6.07 Å². The average Bonchev–Trinajstić information content (AvgIpc) is 2.60. The third-order valence-electron chi connectivity index (χ3n) is 3.53. The summed E-state index contributed by atoms with van der Waals surface area (Å²) in [5.41, 5.74) is 1.36. The average molecular weight is 357 g/mol. The molecule has 0 radical (unpaired) electrons. The van der Waals surface area contributed by atoms with E-state index in [9.17, 15) is 9.59 Å². The van der Waals surface area contributed by atoms with Crippen LogP contribution in [-0.2, 0) is 16.0 Å². The Kier molecular flexibility index (Phi) is 6.55. The number of amides is 1. The number of halogens is 1. The van der Waals surface area contributed by atoms with E-state index in [-0.39, 0.29) is 17.4 Å². The Morgan fingerprint density at radius 1 is 1.24 bits per heavy atom. The maximum Gasteiger partial charge on any atom is 0.258 e. The van der Waals surface area contributed by atoms with Crippen molar-refractivity contribution in [1.29, 1.82) is 5.26 Å². The summed E-state index contributed by atoms with van der Waals surface area (Å²) in [5.74, 6) is -0.247. The molecule has 0 fully saturated rings. The molecular formula is C19H17ClN2O3. The number of nitrogens with zero attached hydrogens (tertiary/aromatic N) is 1. The third-order valence-corrected chi connectivity index (χ3v) is 3.82. The smallest absolute Gasteiger partial charge is 0.258 e. The minimum Gasteiger partial charge on any atom is -0.482 e. The van der Waals surface area contributed by atoms with Gasteiger partial charge >= 0.3 is 0 Å². The molecule has 0 saturated carbocycles. The second-order valence-corrected chi connectivity index (χ2v) is 5.87. The van der Waals surface area contributed by atoms with Crippen LogP contribution < -0.4 is 10.1 Å². The maximum absolute atomic E-state index is 12.1. The van der Waals surface area contributed by atoms with Crippen LogP contribution in [0, 0.1) is 11.3 Å². The molecule has 0 aliphatic carbocycles. The van der Waals surface area contributed by atoms with Gasteiger partial charge in [0.15, 0.2) is 12.4 Å². The van der Waals surface area contributed by atoms with Crippen molar-refractivity contribution in [3.05, 3.63) is 64.7 Å². The summed E-state index contributed by atoms with van der Waals surface area (Å²) in [6, 6.07) is 15.3. The molecule has 5 nitrogen and oxygen atoms in total. The van der Waals surface area contributed by atoms with E-state index in [2.05, 4.69) is 5.32 Å². The number of benzene rings is 2. The summed E-state index contributed by atoms with van der Waals surface area (Å²) in [7, 11) is 0. The highest BCUT2D eigenvalue weighted by atomic mass is 35.5. The molecule has 0 heterocycles. The van der Waals surface area contributed by atoms with Gasteiger partial charge in [0.05, 0.1) is 22.7 Å². The van der Waals surface area contributed by atoms with Crippen molar-refractivity contribution in [3.8, 4) is 11.8 Å². The molecule has 0 saturated heterocycles. The summed E-state index contributed by atoms with van der Waals surface area (Å²) in [5, 5.41) is 11.7. The fourth-order valence-electron chi connectivity index (χ4n) is 2.21. The number of hydrogen-bond donors (Lipinski definition) is 1. The Hall–Kier alpha value is -2.84. The number of ether oxygens (including phenoxy) is 1. The zero-order valence-corrected chi connectivity index (χ0v) is 14.4. The number of nitrogens with one attached hydrogen (secondary N) is 1. The number of carbonyl (C=O) groups is 2. The first-order valence-electron chi connectivity index (χ1n) is 7.66. The predicted molar refractivity (Wildman–Crippen MR) is 94.4 cm³/mol. The Morgan fingerprint density at radius 3 is 2.56 bits per heavy atom. The summed E-state index contributed by atoms with van der Waals surface area (Å²) in [6.45, 7) is 1.16. The lowest BCUT2D eigenvalue weighted by molar-refractivity contribution is -0.128. The molecule has 1 amide bonds. The van der Waals surface area contributed by atoms with Crippen LogP contribution in [0.1, 0.15) is 18.1 Å². The molecule has 1 atom stereocenters. The van der Waals surface area contributed by atoms with E-state index in [1.165, 1.54) is 19.1 Å². The lowest BCUT2D eigenvalue weighted by Gasteiger charge is -2.16. The topological polar surface area (TPSA) is 79.2 Å². The normalized spacial score (nSPS) is 11.2. The van der Waals surface area contributed by atoms with Gasteiger partial charge in [-0.05, 0) is 37.1 Å². The van der Waals surface area contributed by atoms with Crippen LogP contribution in [0.25, 0.3) is 0 Å². The minimum atomic E-state index is -0.616. The third kappa shape index (κ3) is 5.63. The Labute approximate surface area is 151 Å². The van der Waals surface area contributed by atoms with E-state index in [4.69, 9.17) is 21.6 Å². The molecule has 1 N–H and O–H groups in total. The molecule has 6 heteroatoms. The zero-order chi connectivity index (χ0) is 18.2. The lowest BCUT2D eigenvalue weighted by Crippen LogP contribution is -2.43. The second-order valence-electron chi connectivity index (χ2n) is 5.47. The first-order chi connectivity index (χ1) is 12.0. The van der Waals surface area contributed by atoms with Gasteiger partial charge in [0.1, 0.15) is 5.75 Å². The fraction of sp³-hybridized carbons (Fsp3) is 0.211. The quantitative estimate of drug-likeness (QED) is 0.827. The van der Waals surface area contributed by atoms with Crippen molar-refractivity contribution in [3.63, 3.8) is 0 Å². The van der Waals surface area contributed by atoms with Crippen LogP contribution >= 0.6 is 11.6 Å². The Bertz CT molecular complexity index is 800. The van der Waals surface area contributed by atoms with Gasteiger partial charge in [-0.15, -0.1) is 0 Å². The molecule has 25 heavy (non-hydrogen) atoms. The molecule has 2 aromatic rings. The van der Waals surface area contributed by atoms with Gasteiger partial charge in [0.2, 0.25) is 0 Å². The van der Waals surface area contributed by atoms with Gasteiger partial charge in [0.25, 0.3) is 5.91 Å². The molecule has 128 valence electrons. The second kappa shape index (κ2) is 8.86. The van der Waals surface area contributed by atoms with Crippen LogP contribution in [0.3, 0.4) is 0 Å². The van der Waals surface area contributed by atoms with Gasteiger partial charge in [-0.25, -0.2) is 0 Å². The first kappa shape index (κ1) is 18.5. The fourth-order valence-corrected chi connectivity index (χ4v) is 2.45. The highest BCUT2D eigenvalue weighted by Gasteiger charge is 2.18. The number of rotatable bonds is 7. The molecule has 0 aromatic heterocycles. The molecule has 0 unspecified atom stereocenters.